The number of carbonyl (C=O) groups excluding carboxylic acids is 2. The molecule has 1 N–H and O–H groups in total. The Balaban J connectivity index is 1.95. The van der Waals surface area contributed by atoms with Crippen LogP contribution >= 0.6 is 23.2 Å². The van der Waals surface area contributed by atoms with E-state index in [-0.39, 0.29) is 27.1 Å². The number of halogens is 3. The molecule has 1 fully saturated rings. The lowest BCUT2D eigenvalue weighted by Gasteiger charge is -2.25. The summed E-state index contributed by atoms with van der Waals surface area (Å²) < 4.78 is 19.5. The highest BCUT2D eigenvalue weighted by Crippen LogP contribution is 2.43. The lowest BCUT2D eigenvalue weighted by atomic mass is 9.95. The molecule has 1 aliphatic heterocycles. The first-order chi connectivity index (χ1) is 15.8. The van der Waals surface area contributed by atoms with Gasteiger partial charge in [0.05, 0.1) is 28.3 Å². The minimum atomic E-state index is -1.06. The van der Waals surface area contributed by atoms with Crippen LogP contribution in [-0.2, 0) is 9.59 Å². The number of ketones is 1. The molecule has 168 valence electrons. The van der Waals surface area contributed by atoms with Crippen LogP contribution in [0.2, 0.25) is 10.0 Å². The molecule has 1 heterocycles. The summed E-state index contributed by atoms with van der Waals surface area (Å²) in [5, 5.41) is 11.7. The molecule has 0 radical (unpaired) electrons. The average molecular weight is 486 g/mol. The quantitative estimate of drug-likeness (QED) is 0.267. The third-order valence-electron chi connectivity index (χ3n) is 5.21. The third-order valence-corrected chi connectivity index (χ3v) is 5.95. The summed E-state index contributed by atoms with van der Waals surface area (Å²) in [4.78, 5) is 27.4. The van der Waals surface area contributed by atoms with Gasteiger partial charge in [-0.3, -0.25) is 14.5 Å². The highest BCUT2D eigenvalue weighted by molar-refractivity contribution is 6.51. The number of nitrogens with zero attached hydrogens (tertiary/aromatic N) is 1. The predicted octanol–water partition coefficient (Wildman–Crippen LogP) is 6.16. The van der Waals surface area contributed by atoms with E-state index in [9.17, 15) is 19.1 Å². The first-order valence-electron chi connectivity index (χ1n) is 10.1. The van der Waals surface area contributed by atoms with E-state index in [0.717, 1.165) is 11.0 Å². The highest BCUT2D eigenvalue weighted by Gasteiger charge is 2.47. The van der Waals surface area contributed by atoms with E-state index in [4.69, 9.17) is 27.9 Å². The molecule has 3 aromatic carbocycles. The van der Waals surface area contributed by atoms with E-state index < -0.39 is 23.5 Å². The van der Waals surface area contributed by atoms with Gasteiger partial charge in [0, 0.05) is 11.3 Å². The maximum absolute atomic E-state index is 14.0. The molecular formula is C25H18Cl2FNO4. The van der Waals surface area contributed by atoms with Crippen LogP contribution in [0.3, 0.4) is 0 Å². The topological polar surface area (TPSA) is 66.8 Å². The van der Waals surface area contributed by atoms with E-state index >= 15 is 0 Å². The summed E-state index contributed by atoms with van der Waals surface area (Å²) >= 11 is 12.3. The van der Waals surface area contributed by atoms with Crippen molar-refractivity contribution in [2.75, 3.05) is 11.5 Å². The van der Waals surface area contributed by atoms with Crippen molar-refractivity contribution < 1.29 is 23.8 Å². The summed E-state index contributed by atoms with van der Waals surface area (Å²) in [6.07, 6.45) is 0. The molecule has 0 aliphatic carbocycles. The Kier molecular flexibility index (Phi) is 6.40. The fourth-order valence-electron chi connectivity index (χ4n) is 3.78. The molecule has 5 nitrogen and oxygen atoms in total. The molecule has 1 amide bonds. The van der Waals surface area contributed by atoms with Crippen molar-refractivity contribution in [3.05, 3.63) is 99.3 Å². The summed E-state index contributed by atoms with van der Waals surface area (Å²) in [6, 6.07) is 15.4. The van der Waals surface area contributed by atoms with Crippen LogP contribution in [0.5, 0.6) is 5.75 Å². The van der Waals surface area contributed by atoms with Crippen LogP contribution in [0.25, 0.3) is 5.76 Å². The lowest BCUT2D eigenvalue weighted by Crippen LogP contribution is -2.29. The normalized spacial score (nSPS) is 17.5. The standard InChI is InChI=1S/C25H18Cl2FNO4/c1-2-33-18-8-3-5-15(11-18)23(30)21-22(14-9-10-19(26)20(27)12-14)29(25(32)24(21)31)17-7-4-6-16(28)13-17/h3-13,22,30H,2H2,1H3/b23-21-. The van der Waals surface area contributed by atoms with Crippen molar-refractivity contribution in [1.82, 2.24) is 0 Å². The zero-order valence-electron chi connectivity index (χ0n) is 17.4. The molecule has 0 saturated carbocycles. The van der Waals surface area contributed by atoms with Gasteiger partial charge in [0.1, 0.15) is 17.3 Å². The zero-order valence-corrected chi connectivity index (χ0v) is 18.9. The van der Waals surface area contributed by atoms with Gasteiger partial charge in [-0.2, -0.15) is 0 Å². The van der Waals surface area contributed by atoms with E-state index in [1.165, 1.54) is 30.3 Å². The minimum absolute atomic E-state index is 0.156. The molecule has 1 unspecified atom stereocenters. The molecule has 0 spiro atoms. The zero-order chi connectivity index (χ0) is 23.7. The summed E-state index contributed by atoms with van der Waals surface area (Å²) in [5.74, 6) is -2.28. The third kappa shape index (κ3) is 4.32. The van der Waals surface area contributed by atoms with E-state index in [1.807, 2.05) is 6.92 Å². The van der Waals surface area contributed by atoms with E-state index in [2.05, 4.69) is 0 Å². The van der Waals surface area contributed by atoms with Crippen molar-refractivity contribution in [2.45, 2.75) is 13.0 Å². The second kappa shape index (κ2) is 9.25. The number of Topliss-reactive ketones (excluding diaryl/α,β-unsaturated/α-hetero) is 1. The number of anilines is 1. The maximum atomic E-state index is 14.0. The molecule has 33 heavy (non-hydrogen) atoms. The van der Waals surface area contributed by atoms with E-state index in [0.29, 0.717) is 23.5 Å². The second-order valence-corrected chi connectivity index (χ2v) is 8.10. The van der Waals surface area contributed by atoms with Crippen LogP contribution in [0.15, 0.2) is 72.3 Å². The van der Waals surface area contributed by atoms with Gasteiger partial charge in [0.15, 0.2) is 0 Å². The fraction of sp³-hybridized carbons (Fsp3) is 0.120. The van der Waals surface area contributed by atoms with Gasteiger partial charge in [-0.25, -0.2) is 4.39 Å². The van der Waals surface area contributed by atoms with Crippen LogP contribution in [0.1, 0.15) is 24.1 Å². The molecule has 1 atom stereocenters. The van der Waals surface area contributed by atoms with Crippen LogP contribution < -0.4 is 9.64 Å². The van der Waals surface area contributed by atoms with Gasteiger partial charge in [0.25, 0.3) is 11.7 Å². The Hall–Kier alpha value is -3.35. The number of hydrogen-bond donors (Lipinski definition) is 1. The van der Waals surface area contributed by atoms with Gasteiger partial charge in [-0.1, -0.05) is 47.5 Å². The monoisotopic (exact) mass is 485 g/mol. The Morgan fingerprint density at radius 1 is 1.03 bits per heavy atom. The number of aliphatic hydroxyl groups excluding tert-OH is 1. The smallest absolute Gasteiger partial charge is 0.300 e. The molecule has 8 heteroatoms. The summed E-state index contributed by atoms with van der Waals surface area (Å²) in [5.41, 5.74) is 0.727. The van der Waals surface area contributed by atoms with Crippen LogP contribution in [-0.4, -0.2) is 23.4 Å². The Morgan fingerprint density at radius 2 is 1.79 bits per heavy atom. The minimum Gasteiger partial charge on any atom is -0.507 e. The van der Waals surface area contributed by atoms with Crippen molar-refractivity contribution in [1.29, 1.82) is 0 Å². The predicted molar refractivity (Wildman–Crippen MR) is 125 cm³/mol. The summed E-state index contributed by atoms with van der Waals surface area (Å²) in [7, 11) is 0. The van der Waals surface area contributed by atoms with Gasteiger partial charge in [-0.05, 0) is 55.0 Å². The Labute approximate surface area is 199 Å². The molecular weight excluding hydrogens is 468 g/mol. The number of rotatable bonds is 5. The molecule has 0 bridgehead atoms. The average Bonchev–Trinajstić information content (AvgIpc) is 3.06. The molecule has 1 aliphatic rings. The second-order valence-electron chi connectivity index (χ2n) is 7.28. The number of hydrogen-bond acceptors (Lipinski definition) is 4. The first-order valence-corrected chi connectivity index (χ1v) is 10.8. The van der Waals surface area contributed by atoms with Gasteiger partial charge < -0.3 is 9.84 Å². The van der Waals surface area contributed by atoms with E-state index in [1.54, 1.807) is 30.3 Å². The molecule has 1 saturated heterocycles. The number of aliphatic hydroxyl groups is 1. The fourth-order valence-corrected chi connectivity index (χ4v) is 4.08. The number of benzene rings is 3. The van der Waals surface area contributed by atoms with Crippen molar-refractivity contribution >= 4 is 46.3 Å². The van der Waals surface area contributed by atoms with Crippen molar-refractivity contribution in [2.24, 2.45) is 0 Å². The first kappa shape index (κ1) is 22.8. The number of amides is 1. The molecule has 3 aromatic rings. The Morgan fingerprint density at radius 3 is 2.48 bits per heavy atom. The largest absolute Gasteiger partial charge is 0.507 e. The van der Waals surface area contributed by atoms with Gasteiger partial charge in [-0.15, -0.1) is 0 Å². The van der Waals surface area contributed by atoms with Gasteiger partial charge in [0.2, 0.25) is 0 Å². The number of carbonyl (C=O) groups is 2. The lowest BCUT2D eigenvalue weighted by molar-refractivity contribution is -0.132. The highest BCUT2D eigenvalue weighted by atomic mass is 35.5. The SMILES string of the molecule is CCOc1cccc(/C(O)=C2/C(=O)C(=O)N(c3cccc(F)c3)C2c2ccc(Cl)c(Cl)c2)c1. The van der Waals surface area contributed by atoms with Crippen LogP contribution in [0, 0.1) is 5.82 Å². The summed E-state index contributed by atoms with van der Waals surface area (Å²) in [6.45, 7) is 2.23. The molecule has 4 rings (SSSR count). The Bertz CT molecular complexity index is 1290. The number of ether oxygens (including phenoxy) is 1. The van der Waals surface area contributed by atoms with Crippen molar-refractivity contribution in [3.8, 4) is 5.75 Å². The van der Waals surface area contributed by atoms with Crippen molar-refractivity contribution in [3.63, 3.8) is 0 Å². The molecule has 0 aromatic heterocycles. The van der Waals surface area contributed by atoms with Crippen LogP contribution in [0.4, 0.5) is 10.1 Å². The van der Waals surface area contributed by atoms with Gasteiger partial charge >= 0.3 is 0 Å². The maximum Gasteiger partial charge on any atom is 0.300 e.